The Bertz CT molecular complexity index is 490. The summed E-state index contributed by atoms with van der Waals surface area (Å²) in [7, 11) is -3.83. The van der Waals surface area contributed by atoms with E-state index in [9.17, 15) is 12.8 Å². The van der Waals surface area contributed by atoms with Crippen molar-refractivity contribution in [2.75, 3.05) is 0 Å². The Hall–Kier alpha value is -0.460. The molecule has 0 bridgehead atoms. The summed E-state index contributed by atoms with van der Waals surface area (Å²) in [5.74, 6) is -0.530. The molecule has 1 unspecified atom stereocenters. The van der Waals surface area contributed by atoms with Crippen LogP contribution >= 0.6 is 15.9 Å². The smallest absolute Gasteiger partial charge is 0.225 e. The second-order valence-corrected chi connectivity index (χ2v) is 6.74. The van der Waals surface area contributed by atoms with Crippen LogP contribution < -0.4 is 5.14 Å². The van der Waals surface area contributed by atoms with Crippen LogP contribution in [0.25, 0.3) is 0 Å². The molecule has 6 heteroatoms. The Morgan fingerprint density at radius 3 is 2.59 bits per heavy atom. The summed E-state index contributed by atoms with van der Waals surface area (Å²) in [5, 5.41) is 4.92. The molecule has 1 aromatic rings. The first kappa shape index (κ1) is 14.6. The van der Waals surface area contributed by atoms with E-state index in [4.69, 9.17) is 5.14 Å². The average Bonchev–Trinajstić information content (AvgIpc) is 2.20. The van der Waals surface area contributed by atoms with Crippen LogP contribution in [0.15, 0.2) is 23.1 Å². The first-order valence-electron chi connectivity index (χ1n) is 5.30. The van der Waals surface area contributed by atoms with E-state index >= 15 is 0 Å². The molecule has 17 heavy (non-hydrogen) atoms. The van der Waals surface area contributed by atoms with Gasteiger partial charge in [0.1, 0.15) is 5.82 Å². The number of sulfonamides is 1. The molecule has 0 aliphatic carbocycles. The van der Waals surface area contributed by atoms with Crippen molar-refractivity contribution in [2.24, 2.45) is 5.14 Å². The van der Waals surface area contributed by atoms with E-state index in [2.05, 4.69) is 22.9 Å². The molecule has 0 spiro atoms. The van der Waals surface area contributed by atoms with Crippen LogP contribution in [0.2, 0.25) is 0 Å². The molecule has 0 amide bonds. The van der Waals surface area contributed by atoms with Gasteiger partial charge in [-0.05, 0) is 30.5 Å². The Morgan fingerprint density at radius 2 is 2.12 bits per heavy atom. The quantitative estimate of drug-likeness (QED) is 0.846. The highest BCUT2D eigenvalue weighted by Gasteiger charge is 2.13. The third kappa shape index (κ3) is 4.37. The number of hydrogen-bond donors (Lipinski definition) is 1. The lowest BCUT2D eigenvalue weighted by Crippen LogP contribution is -2.13. The number of benzene rings is 1. The van der Waals surface area contributed by atoms with Gasteiger partial charge in [0.25, 0.3) is 0 Å². The zero-order valence-corrected chi connectivity index (χ0v) is 11.9. The highest BCUT2D eigenvalue weighted by atomic mass is 79.9. The molecule has 1 aromatic carbocycles. The van der Waals surface area contributed by atoms with E-state index in [0.29, 0.717) is 12.0 Å². The maximum atomic E-state index is 13.6. The highest BCUT2D eigenvalue weighted by Crippen LogP contribution is 2.19. The lowest BCUT2D eigenvalue weighted by atomic mass is 10.1. The second kappa shape index (κ2) is 5.93. The fourth-order valence-electron chi connectivity index (χ4n) is 1.52. The van der Waals surface area contributed by atoms with Gasteiger partial charge in [-0.1, -0.05) is 35.3 Å². The average molecular weight is 324 g/mol. The zero-order valence-electron chi connectivity index (χ0n) is 9.49. The third-order valence-electron chi connectivity index (χ3n) is 2.40. The summed E-state index contributed by atoms with van der Waals surface area (Å²) >= 11 is 3.46. The van der Waals surface area contributed by atoms with Crippen LogP contribution in [0.1, 0.15) is 25.3 Å². The molecule has 0 radical (unpaired) electrons. The number of nitrogens with two attached hydrogens (primary N) is 1. The topological polar surface area (TPSA) is 60.2 Å². The van der Waals surface area contributed by atoms with E-state index in [1.807, 2.05) is 0 Å². The van der Waals surface area contributed by atoms with Gasteiger partial charge in [-0.3, -0.25) is 0 Å². The summed E-state index contributed by atoms with van der Waals surface area (Å²) in [5.41, 5.74) is 0.493. The molecule has 0 aliphatic rings. The van der Waals surface area contributed by atoms with E-state index in [-0.39, 0.29) is 9.72 Å². The molecule has 0 aliphatic heterocycles. The molecule has 0 aromatic heterocycles. The standard InChI is InChI=1S/C11H15BrFNO2S/c1-2-3-9(12)6-8-4-5-10(7-11(8)13)17(14,15)16/h4-5,7,9H,2-3,6H2,1H3,(H2,14,15,16). The van der Waals surface area contributed by atoms with Gasteiger partial charge in [-0.15, -0.1) is 0 Å². The number of hydrogen-bond acceptors (Lipinski definition) is 2. The maximum absolute atomic E-state index is 13.6. The van der Waals surface area contributed by atoms with Gasteiger partial charge in [-0.25, -0.2) is 17.9 Å². The van der Waals surface area contributed by atoms with Crippen LogP contribution in [-0.4, -0.2) is 13.2 Å². The number of alkyl halides is 1. The highest BCUT2D eigenvalue weighted by molar-refractivity contribution is 9.09. The first-order chi connectivity index (χ1) is 7.84. The summed E-state index contributed by atoms with van der Waals surface area (Å²) in [6.07, 6.45) is 2.48. The largest absolute Gasteiger partial charge is 0.238 e. The van der Waals surface area contributed by atoms with E-state index in [0.717, 1.165) is 18.9 Å². The molecule has 96 valence electrons. The van der Waals surface area contributed by atoms with E-state index < -0.39 is 15.8 Å². The Balaban J connectivity index is 2.91. The number of rotatable bonds is 5. The van der Waals surface area contributed by atoms with Crippen molar-refractivity contribution in [3.63, 3.8) is 0 Å². The minimum atomic E-state index is -3.83. The van der Waals surface area contributed by atoms with Crippen LogP contribution in [-0.2, 0) is 16.4 Å². The summed E-state index contributed by atoms with van der Waals surface area (Å²) in [6, 6.07) is 3.77. The second-order valence-electron chi connectivity index (χ2n) is 3.89. The molecular weight excluding hydrogens is 309 g/mol. The van der Waals surface area contributed by atoms with Crippen LogP contribution in [0.4, 0.5) is 4.39 Å². The van der Waals surface area contributed by atoms with E-state index in [1.165, 1.54) is 12.1 Å². The minimum absolute atomic E-state index is 0.194. The predicted octanol–water partition coefficient (Wildman–Crippen LogP) is 2.58. The van der Waals surface area contributed by atoms with E-state index in [1.54, 1.807) is 0 Å². The first-order valence-corrected chi connectivity index (χ1v) is 7.76. The number of primary sulfonamides is 1. The fraction of sp³-hybridized carbons (Fsp3) is 0.455. The van der Waals surface area contributed by atoms with Crippen molar-refractivity contribution in [3.8, 4) is 0 Å². The van der Waals surface area contributed by atoms with Crippen molar-refractivity contribution in [2.45, 2.75) is 35.9 Å². The van der Waals surface area contributed by atoms with Gasteiger partial charge in [-0.2, -0.15) is 0 Å². The van der Waals surface area contributed by atoms with Gasteiger partial charge < -0.3 is 0 Å². The third-order valence-corrected chi connectivity index (χ3v) is 4.09. The van der Waals surface area contributed by atoms with Crippen LogP contribution in [0.3, 0.4) is 0 Å². The molecule has 3 nitrogen and oxygen atoms in total. The molecule has 0 saturated heterocycles. The molecule has 0 fully saturated rings. The van der Waals surface area contributed by atoms with Crippen molar-refractivity contribution < 1.29 is 12.8 Å². The van der Waals surface area contributed by atoms with Crippen molar-refractivity contribution >= 4 is 26.0 Å². The maximum Gasteiger partial charge on any atom is 0.238 e. The van der Waals surface area contributed by atoms with Gasteiger partial charge in [0.15, 0.2) is 0 Å². The fourth-order valence-corrected chi connectivity index (χ4v) is 2.86. The normalized spacial score (nSPS) is 13.6. The molecule has 0 heterocycles. The van der Waals surface area contributed by atoms with Crippen LogP contribution in [0, 0.1) is 5.82 Å². The van der Waals surface area contributed by atoms with Crippen LogP contribution in [0.5, 0.6) is 0 Å². The predicted molar refractivity (Wildman–Crippen MR) is 69.1 cm³/mol. The molecule has 0 saturated carbocycles. The lowest BCUT2D eigenvalue weighted by Gasteiger charge is -2.09. The van der Waals surface area contributed by atoms with Gasteiger partial charge >= 0.3 is 0 Å². The summed E-state index contributed by atoms with van der Waals surface area (Å²) < 4.78 is 35.7. The molecular formula is C11H15BrFNO2S. The van der Waals surface area contributed by atoms with Gasteiger partial charge in [0.2, 0.25) is 10.0 Å². The summed E-state index contributed by atoms with van der Waals surface area (Å²) in [6.45, 7) is 2.05. The zero-order chi connectivity index (χ0) is 13.1. The Kier molecular flexibility index (Phi) is 5.09. The monoisotopic (exact) mass is 323 g/mol. The lowest BCUT2D eigenvalue weighted by molar-refractivity contribution is 0.585. The van der Waals surface area contributed by atoms with Crippen molar-refractivity contribution in [1.29, 1.82) is 0 Å². The molecule has 2 N–H and O–H groups in total. The minimum Gasteiger partial charge on any atom is -0.225 e. The van der Waals surface area contributed by atoms with Crippen molar-refractivity contribution in [1.82, 2.24) is 0 Å². The SMILES string of the molecule is CCCC(Br)Cc1ccc(S(N)(=O)=O)cc1F. The summed E-state index contributed by atoms with van der Waals surface area (Å²) in [4.78, 5) is 0.00250. The Morgan fingerprint density at radius 1 is 1.47 bits per heavy atom. The molecule has 1 rings (SSSR count). The van der Waals surface area contributed by atoms with Gasteiger partial charge in [0, 0.05) is 4.83 Å². The van der Waals surface area contributed by atoms with Crippen molar-refractivity contribution in [3.05, 3.63) is 29.6 Å². The Labute approximate surface area is 109 Å². The number of halogens is 2. The molecule has 1 atom stereocenters. The van der Waals surface area contributed by atoms with Gasteiger partial charge in [0.05, 0.1) is 4.90 Å².